The number of hydrogen-bond donors (Lipinski definition) is 1. The minimum Gasteiger partial charge on any atom is -0.493 e. The third kappa shape index (κ3) is 1.30. The molecule has 0 saturated carbocycles. The Morgan fingerprint density at radius 3 is 3.00 bits per heavy atom. The Kier molecular flexibility index (Phi) is 1.79. The van der Waals surface area contributed by atoms with Crippen LogP contribution in [0, 0.1) is 6.92 Å². The second-order valence-electron chi connectivity index (χ2n) is 3.40. The van der Waals surface area contributed by atoms with Crippen LogP contribution in [-0.2, 0) is 6.42 Å². The highest BCUT2D eigenvalue weighted by molar-refractivity contribution is 5.97. The molecule has 2 rings (SSSR count). The lowest BCUT2D eigenvalue weighted by atomic mass is 9.92. The summed E-state index contributed by atoms with van der Waals surface area (Å²) >= 11 is 0. The Hall–Kier alpha value is -1.38. The number of aromatic hydroxyl groups is 1. The van der Waals surface area contributed by atoms with E-state index in [-0.39, 0.29) is 11.7 Å². The highest BCUT2D eigenvalue weighted by Gasteiger charge is 2.20. The van der Waals surface area contributed by atoms with Crippen molar-refractivity contribution in [2.24, 2.45) is 0 Å². The van der Waals surface area contributed by atoms with Gasteiger partial charge in [0, 0.05) is 12.5 Å². The maximum absolute atomic E-state index is 11.4. The van der Waals surface area contributed by atoms with E-state index in [1.165, 1.54) is 0 Å². The van der Waals surface area contributed by atoms with Gasteiger partial charge in [-0.15, -0.1) is 0 Å². The van der Waals surface area contributed by atoms with E-state index in [1.54, 1.807) is 6.07 Å². The van der Waals surface area contributed by atoms with E-state index in [0.29, 0.717) is 12.1 Å². The first-order valence-corrected chi connectivity index (χ1v) is 4.41. The fourth-order valence-corrected chi connectivity index (χ4v) is 1.77. The highest BCUT2D eigenvalue weighted by atomic mass is 16.3. The largest absolute Gasteiger partial charge is 0.493 e. The zero-order valence-electron chi connectivity index (χ0n) is 7.50. The maximum Gasteiger partial charge on any atom is 0.211 e. The molecule has 0 amide bonds. The maximum atomic E-state index is 11.4. The number of fused-ring (bicyclic) bond motifs is 1. The van der Waals surface area contributed by atoms with Crippen molar-refractivity contribution in [1.82, 2.24) is 4.98 Å². The number of ketones is 1. The van der Waals surface area contributed by atoms with Crippen LogP contribution in [0.5, 0.6) is 5.88 Å². The van der Waals surface area contributed by atoms with Crippen molar-refractivity contribution in [1.29, 1.82) is 0 Å². The van der Waals surface area contributed by atoms with Crippen LogP contribution in [0.4, 0.5) is 0 Å². The lowest BCUT2D eigenvalue weighted by Gasteiger charge is -2.15. The van der Waals surface area contributed by atoms with Gasteiger partial charge in [-0.1, -0.05) is 0 Å². The monoisotopic (exact) mass is 177 g/mol. The van der Waals surface area contributed by atoms with Crippen LogP contribution in [0.15, 0.2) is 6.07 Å². The van der Waals surface area contributed by atoms with Crippen LogP contribution in [0.25, 0.3) is 0 Å². The van der Waals surface area contributed by atoms with Crippen LogP contribution < -0.4 is 0 Å². The van der Waals surface area contributed by atoms with Gasteiger partial charge in [-0.3, -0.25) is 4.79 Å². The van der Waals surface area contributed by atoms with Gasteiger partial charge in [0.1, 0.15) is 5.69 Å². The van der Waals surface area contributed by atoms with Gasteiger partial charge in [0.2, 0.25) is 5.88 Å². The predicted molar refractivity (Wildman–Crippen MR) is 47.9 cm³/mol. The van der Waals surface area contributed by atoms with Crippen LogP contribution in [-0.4, -0.2) is 15.9 Å². The second-order valence-corrected chi connectivity index (χ2v) is 3.40. The molecular formula is C10H11NO2. The first-order chi connectivity index (χ1) is 6.18. The topological polar surface area (TPSA) is 50.2 Å². The van der Waals surface area contributed by atoms with E-state index in [4.69, 9.17) is 0 Å². The predicted octanol–water partition coefficient (Wildman–Crippen LogP) is 1.61. The Balaban J connectivity index is 2.63. The normalized spacial score (nSPS) is 15.6. The zero-order chi connectivity index (χ0) is 9.42. The fourth-order valence-electron chi connectivity index (χ4n) is 1.77. The van der Waals surface area contributed by atoms with E-state index in [9.17, 15) is 9.90 Å². The molecule has 3 nitrogen and oxygen atoms in total. The summed E-state index contributed by atoms with van der Waals surface area (Å²) in [6.07, 6.45) is 2.36. The summed E-state index contributed by atoms with van der Waals surface area (Å²) in [6, 6.07) is 1.61. The number of carbonyl (C=O) groups is 1. The number of pyridine rings is 1. The van der Waals surface area contributed by atoms with E-state index >= 15 is 0 Å². The number of nitrogens with zero attached hydrogens (tertiary/aromatic N) is 1. The number of hydrogen-bond acceptors (Lipinski definition) is 3. The smallest absolute Gasteiger partial charge is 0.211 e. The van der Waals surface area contributed by atoms with E-state index in [0.717, 1.165) is 24.0 Å². The summed E-state index contributed by atoms with van der Waals surface area (Å²) < 4.78 is 0. The lowest BCUT2D eigenvalue weighted by Crippen LogP contribution is -2.14. The first-order valence-electron chi connectivity index (χ1n) is 4.41. The van der Waals surface area contributed by atoms with Crippen LogP contribution in [0.3, 0.4) is 0 Å². The highest BCUT2D eigenvalue weighted by Crippen LogP contribution is 2.24. The molecule has 1 aromatic heterocycles. The molecule has 0 unspecified atom stereocenters. The van der Waals surface area contributed by atoms with Gasteiger partial charge in [0.25, 0.3) is 0 Å². The Bertz CT molecular complexity index is 371. The minimum absolute atomic E-state index is 0.0495. The summed E-state index contributed by atoms with van der Waals surface area (Å²) in [4.78, 5) is 15.3. The molecule has 0 bridgehead atoms. The van der Waals surface area contributed by atoms with E-state index < -0.39 is 0 Å². The first kappa shape index (κ1) is 8.23. The minimum atomic E-state index is -0.0495. The Morgan fingerprint density at radius 1 is 1.46 bits per heavy atom. The van der Waals surface area contributed by atoms with E-state index in [1.807, 2.05) is 6.92 Å². The van der Waals surface area contributed by atoms with Gasteiger partial charge < -0.3 is 5.11 Å². The van der Waals surface area contributed by atoms with E-state index in [2.05, 4.69) is 4.98 Å². The number of carbonyl (C=O) groups excluding carboxylic acids is 1. The average Bonchev–Trinajstić information content (AvgIpc) is 2.07. The fraction of sp³-hybridized carbons (Fsp3) is 0.400. The third-order valence-corrected chi connectivity index (χ3v) is 2.43. The molecule has 0 spiro atoms. The van der Waals surface area contributed by atoms with Crippen molar-refractivity contribution in [3.8, 4) is 5.88 Å². The van der Waals surface area contributed by atoms with Gasteiger partial charge in [-0.2, -0.15) is 0 Å². The molecule has 3 heteroatoms. The molecule has 1 aliphatic rings. The number of aromatic nitrogens is 1. The number of aryl methyl sites for hydroxylation is 1. The molecule has 1 aliphatic carbocycles. The standard InChI is InChI=1S/C10H11NO2/c1-6-5-9(13)11-10-7(6)3-2-4-8(10)12/h5H,2-4H2,1H3,(H,11,13). The van der Waals surface area contributed by atoms with Crippen molar-refractivity contribution < 1.29 is 9.90 Å². The molecule has 0 saturated heterocycles. The van der Waals surface area contributed by atoms with Gasteiger partial charge in [0.05, 0.1) is 0 Å². The van der Waals surface area contributed by atoms with Gasteiger partial charge in [0.15, 0.2) is 5.78 Å². The van der Waals surface area contributed by atoms with Crippen molar-refractivity contribution in [2.75, 3.05) is 0 Å². The Labute approximate surface area is 76.4 Å². The number of rotatable bonds is 0. The molecule has 13 heavy (non-hydrogen) atoms. The second kappa shape index (κ2) is 2.83. The van der Waals surface area contributed by atoms with Gasteiger partial charge in [-0.05, 0) is 30.9 Å². The molecule has 1 aromatic rings. The average molecular weight is 177 g/mol. The summed E-state index contributed by atoms with van der Waals surface area (Å²) in [6.45, 7) is 1.90. The molecule has 1 N–H and O–H groups in total. The number of Topliss-reactive ketones (excluding diaryl/α,β-unsaturated/α-hetero) is 1. The molecule has 0 aliphatic heterocycles. The van der Waals surface area contributed by atoms with Crippen molar-refractivity contribution in [3.63, 3.8) is 0 Å². The van der Waals surface area contributed by atoms with Gasteiger partial charge in [-0.25, -0.2) is 4.98 Å². The van der Waals surface area contributed by atoms with Crippen molar-refractivity contribution in [3.05, 3.63) is 22.9 Å². The molecule has 1 heterocycles. The van der Waals surface area contributed by atoms with Gasteiger partial charge >= 0.3 is 0 Å². The third-order valence-electron chi connectivity index (χ3n) is 2.43. The van der Waals surface area contributed by atoms with Crippen LogP contribution in [0.1, 0.15) is 34.5 Å². The summed E-state index contributed by atoms with van der Waals surface area (Å²) in [5, 5.41) is 9.22. The molecular weight excluding hydrogens is 166 g/mol. The molecule has 68 valence electrons. The molecule has 0 radical (unpaired) electrons. The summed E-state index contributed by atoms with van der Waals surface area (Å²) in [5.74, 6) is 0.00625. The molecule has 0 aromatic carbocycles. The van der Waals surface area contributed by atoms with Crippen LogP contribution >= 0.6 is 0 Å². The Morgan fingerprint density at radius 2 is 2.23 bits per heavy atom. The van der Waals surface area contributed by atoms with Crippen molar-refractivity contribution in [2.45, 2.75) is 26.2 Å². The SMILES string of the molecule is Cc1cc(O)nc2c1CCCC2=O. The zero-order valence-corrected chi connectivity index (χ0v) is 7.50. The summed E-state index contributed by atoms with van der Waals surface area (Å²) in [5.41, 5.74) is 2.45. The van der Waals surface area contributed by atoms with Crippen molar-refractivity contribution >= 4 is 5.78 Å². The quantitative estimate of drug-likeness (QED) is 0.655. The molecule has 0 fully saturated rings. The molecule has 0 atom stereocenters. The lowest BCUT2D eigenvalue weighted by molar-refractivity contribution is 0.0966. The van der Waals surface area contributed by atoms with Crippen LogP contribution in [0.2, 0.25) is 0 Å². The summed E-state index contributed by atoms with van der Waals surface area (Å²) in [7, 11) is 0.